The van der Waals surface area contributed by atoms with E-state index in [1.165, 1.54) is 12.1 Å². The minimum Gasteiger partial charge on any atom is -0.374 e. The van der Waals surface area contributed by atoms with Gasteiger partial charge in [-0.1, -0.05) is 36.4 Å². The number of halogens is 1. The third-order valence-electron chi connectivity index (χ3n) is 3.21. The van der Waals surface area contributed by atoms with Crippen molar-refractivity contribution in [2.45, 2.75) is 6.42 Å². The molecule has 0 aliphatic heterocycles. The Bertz CT molecular complexity index is 654. The maximum absolute atomic E-state index is 13.1. The van der Waals surface area contributed by atoms with Gasteiger partial charge in [0.15, 0.2) is 0 Å². The van der Waals surface area contributed by atoms with Crippen LogP contribution in [-0.2, 0) is 0 Å². The van der Waals surface area contributed by atoms with Crippen LogP contribution >= 0.6 is 0 Å². The molecule has 0 heterocycles. The maximum atomic E-state index is 13.1. The van der Waals surface area contributed by atoms with Crippen molar-refractivity contribution in [3.05, 3.63) is 65.5 Å². The summed E-state index contributed by atoms with van der Waals surface area (Å²) in [6.07, 6.45) is 4.35. The average Bonchev–Trinajstić information content (AvgIpc) is 2.51. The number of hydrogen-bond donors (Lipinski definition) is 0. The van der Waals surface area contributed by atoms with Crippen LogP contribution in [0.1, 0.15) is 17.5 Å². The van der Waals surface area contributed by atoms with E-state index in [1.807, 2.05) is 54.4 Å². The van der Waals surface area contributed by atoms with Gasteiger partial charge in [0.05, 0.1) is 12.5 Å². The van der Waals surface area contributed by atoms with Crippen LogP contribution in [0.4, 0.5) is 10.1 Å². The highest BCUT2D eigenvalue weighted by molar-refractivity contribution is 5.70. The molecular weight excluding hydrogens is 263 g/mol. The van der Waals surface area contributed by atoms with Gasteiger partial charge in [0, 0.05) is 19.3 Å². The Morgan fingerprint density at radius 2 is 1.81 bits per heavy atom. The molecule has 0 aromatic heterocycles. The Labute approximate surface area is 124 Å². The minimum atomic E-state index is -0.230. The van der Waals surface area contributed by atoms with Crippen LogP contribution in [-0.4, -0.2) is 13.6 Å². The SMILES string of the molecule is CN(CCC#N)c1ccc(C=Cc2cccc(F)c2)cc1. The molecule has 0 aliphatic rings. The van der Waals surface area contributed by atoms with Gasteiger partial charge in [0.25, 0.3) is 0 Å². The second-order valence-corrected chi connectivity index (χ2v) is 4.81. The van der Waals surface area contributed by atoms with E-state index in [4.69, 9.17) is 5.26 Å². The Morgan fingerprint density at radius 3 is 2.48 bits per heavy atom. The van der Waals surface area contributed by atoms with E-state index in [9.17, 15) is 4.39 Å². The van der Waals surface area contributed by atoms with Crippen LogP contribution in [0.2, 0.25) is 0 Å². The van der Waals surface area contributed by atoms with Gasteiger partial charge in [-0.3, -0.25) is 0 Å². The topological polar surface area (TPSA) is 27.0 Å². The van der Waals surface area contributed by atoms with E-state index < -0.39 is 0 Å². The molecule has 0 saturated heterocycles. The monoisotopic (exact) mass is 280 g/mol. The molecule has 2 rings (SSSR count). The summed E-state index contributed by atoms with van der Waals surface area (Å²) < 4.78 is 13.1. The first-order valence-corrected chi connectivity index (χ1v) is 6.81. The van der Waals surface area contributed by atoms with E-state index in [1.54, 1.807) is 6.07 Å². The summed E-state index contributed by atoms with van der Waals surface area (Å²) in [6.45, 7) is 0.717. The third kappa shape index (κ3) is 4.47. The number of nitriles is 1. The lowest BCUT2D eigenvalue weighted by molar-refractivity contribution is 0.627. The lowest BCUT2D eigenvalue weighted by Crippen LogP contribution is -2.17. The van der Waals surface area contributed by atoms with Crippen molar-refractivity contribution in [3.8, 4) is 6.07 Å². The maximum Gasteiger partial charge on any atom is 0.123 e. The van der Waals surface area contributed by atoms with Gasteiger partial charge in [-0.2, -0.15) is 5.26 Å². The summed E-state index contributed by atoms with van der Waals surface area (Å²) in [7, 11) is 1.97. The molecule has 106 valence electrons. The molecule has 21 heavy (non-hydrogen) atoms. The molecule has 0 bridgehead atoms. The van der Waals surface area contributed by atoms with Crippen LogP contribution in [0.3, 0.4) is 0 Å². The summed E-state index contributed by atoms with van der Waals surface area (Å²) in [5, 5.41) is 8.59. The summed E-state index contributed by atoms with van der Waals surface area (Å²) >= 11 is 0. The first-order valence-electron chi connectivity index (χ1n) is 6.81. The summed E-state index contributed by atoms with van der Waals surface area (Å²) in [5.74, 6) is -0.230. The molecule has 0 aliphatic carbocycles. The van der Waals surface area contributed by atoms with Crippen molar-refractivity contribution < 1.29 is 4.39 Å². The lowest BCUT2D eigenvalue weighted by Gasteiger charge is -2.17. The molecule has 2 aromatic rings. The van der Waals surface area contributed by atoms with Gasteiger partial charge < -0.3 is 4.90 Å². The first-order chi connectivity index (χ1) is 10.2. The van der Waals surface area contributed by atoms with E-state index in [0.717, 1.165) is 23.4 Å². The predicted molar refractivity (Wildman–Crippen MR) is 85.3 cm³/mol. The molecule has 0 radical (unpaired) electrons. The minimum absolute atomic E-state index is 0.230. The molecule has 0 amide bonds. The zero-order chi connectivity index (χ0) is 15.1. The fourth-order valence-corrected chi connectivity index (χ4v) is 1.99. The van der Waals surface area contributed by atoms with Gasteiger partial charge in [0.2, 0.25) is 0 Å². The molecule has 2 aromatic carbocycles. The van der Waals surface area contributed by atoms with E-state index in [0.29, 0.717) is 6.42 Å². The highest BCUT2D eigenvalue weighted by atomic mass is 19.1. The van der Waals surface area contributed by atoms with Crippen molar-refractivity contribution in [1.82, 2.24) is 0 Å². The predicted octanol–water partition coefficient (Wildman–Crippen LogP) is 4.35. The Hall–Kier alpha value is -2.60. The second kappa shape index (κ2) is 7.25. The van der Waals surface area contributed by atoms with Crippen molar-refractivity contribution in [2.75, 3.05) is 18.5 Å². The largest absolute Gasteiger partial charge is 0.374 e. The number of rotatable bonds is 5. The van der Waals surface area contributed by atoms with Crippen molar-refractivity contribution in [3.63, 3.8) is 0 Å². The standard InChI is InChI=1S/C18H17FN2/c1-21(13-3-12-20)18-10-8-15(9-11-18)6-7-16-4-2-5-17(19)14-16/h2,4-11,14H,3,13H2,1H3. The summed E-state index contributed by atoms with van der Waals surface area (Å²) in [6, 6.07) is 16.7. The summed E-state index contributed by atoms with van der Waals surface area (Å²) in [5.41, 5.74) is 2.97. The molecule has 3 heteroatoms. The van der Waals surface area contributed by atoms with Gasteiger partial charge in [-0.25, -0.2) is 4.39 Å². The van der Waals surface area contributed by atoms with Crippen molar-refractivity contribution >= 4 is 17.8 Å². The number of anilines is 1. The third-order valence-corrected chi connectivity index (χ3v) is 3.21. The highest BCUT2D eigenvalue weighted by Crippen LogP contribution is 2.16. The Kier molecular flexibility index (Phi) is 5.11. The summed E-state index contributed by atoms with van der Waals surface area (Å²) in [4.78, 5) is 2.04. The smallest absolute Gasteiger partial charge is 0.123 e. The van der Waals surface area contributed by atoms with E-state index in [2.05, 4.69) is 6.07 Å². The van der Waals surface area contributed by atoms with Crippen LogP contribution in [0.15, 0.2) is 48.5 Å². The van der Waals surface area contributed by atoms with Gasteiger partial charge in [0.1, 0.15) is 5.82 Å². The zero-order valence-corrected chi connectivity index (χ0v) is 12.0. The van der Waals surface area contributed by atoms with Crippen LogP contribution in [0.5, 0.6) is 0 Å². The van der Waals surface area contributed by atoms with Gasteiger partial charge in [-0.05, 0) is 35.4 Å². The number of hydrogen-bond acceptors (Lipinski definition) is 2. The highest BCUT2D eigenvalue weighted by Gasteiger charge is 1.99. The molecule has 0 spiro atoms. The van der Waals surface area contributed by atoms with Gasteiger partial charge in [-0.15, -0.1) is 0 Å². The molecule has 0 atom stereocenters. The van der Waals surface area contributed by atoms with Crippen molar-refractivity contribution in [1.29, 1.82) is 5.26 Å². The van der Waals surface area contributed by atoms with E-state index >= 15 is 0 Å². The number of benzene rings is 2. The fourth-order valence-electron chi connectivity index (χ4n) is 1.99. The fraction of sp³-hybridized carbons (Fsp3) is 0.167. The van der Waals surface area contributed by atoms with Crippen LogP contribution in [0, 0.1) is 17.1 Å². The van der Waals surface area contributed by atoms with Crippen LogP contribution in [0.25, 0.3) is 12.2 Å². The van der Waals surface area contributed by atoms with E-state index in [-0.39, 0.29) is 5.82 Å². The molecule has 2 nitrogen and oxygen atoms in total. The average molecular weight is 280 g/mol. The Balaban J connectivity index is 2.04. The Morgan fingerprint density at radius 1 is 1.10 bits per heavy atom. The molecule has 0 N–H and O–H groups in total. The molecule has 0 fully saturated rings. The molecule has 0 unspecified atom stereocenters. The lowest BCUT2D eigenvalue weighted by atomic mass is 10.1. The normalized spacial score (nSPS) is 10.5. The zero-order valence-electron chi connectivity index (χ0n) is 12.0. The van der Waals surface area contributed by atoms with Crippen LogP contribution < -0.4 is 4.90 Å². The van der Waals surface area contributed by atoms with Crippen molar-refractivity contribution in [2.24, 2.45) is 0 Å². The first kappa shape index (κ1) is 14.8. The molecular formula is C18H17FN2. The quantitative estimate of drug-likeness (QED) is 0.761. The van der Waals surface area contributed by atoms with Gasteiger partial charge >= 0.3 is 0 Å². The molecule has 0 saturated carbocycles. The second-order valence-electron chi connectivity index (χ2n) is 4.81. The number of nitrogens with zero attached hydrogens (tertiary/aromatic N) is 2.